The van der Waals surface area contributed by atoms with Crippen molar-refractivity contribution in [1.29, 1.82) is 0 Å². The van der Waals surface area contributed by atoms with Gasteiger partial charge < -0.3 is 10.1 Å². The van der Waals surface area contributed by atoms with E-state index in [4.69, 9.17) is 4.74 Å². The van der Waals surface area contributed by atoms with Crippen LogP contribution in [0.15, 0.2) is 42.1 Å². The lowest BCUT2D eigenvalue weighted by molar-refractivity contribution is -0.148. The molecular weight excluding hydrogens is 358 g/mol. The molecule has 1 heterocycles. The van der Waals surface area contributed by atoms with Crippen LogP contribution in [0.25, 0.3) is 0 Å². The van der Waals surface area contributed by atoms with Gasteiger partial charge in [-0.2, -0.15) is 0 Å². The quantitative estimate of drug-likeness (QED) is 0.671. The summed E-state index contributed by atoms with van der Waals surface area (Å²) >= 11 is 0. The molecule has 1 atom stereocenters. The van der Waals surface area contributed by atoms with Gasteiger partial charge in [0.05, 0.1) is 11.7 Å². The number of nitrogens with one attached hydrogen (secondary N) is 1. The first-order chi connectivity index (χ1) is 14.1. The molecule has 0 aromatic heterocycles. The lowest BCUT2D eigenvalue weighted by Crippen LogP contribution is -2.53. The van der Waals surface area contributed by atoms with Gasteiger partial charge in [0.25, 0.3) is 0 Å². The summed E-state index contributed by atoms with van der Waals surface area (Å²) in [6.07, 6.45) is 15.7. The van der Waals surface area contributed by atoms with E-state index in [1.165, 1.54) is 50.5 Å². The van der Waals surface area contributed by atoms with E-state index in [1.54, 1.807) is 6.08 Å². The maximum Gasteiger partial charge on any atom is 0.333 e. The molecule has 1 aromatic carbocycles. The van der Waals surface area contributed by atoms with Crippen LogP contribution in [-0.2, 0) is 9.53 Å². The van der Waals surface area contributed by atoms with Gasteiger partial charge in [0.15, 0.2) is 5.60 Å². The molecule has 5 saturated carbocycles. The highest BCUT2D eigenvalue weighted by molar-refractivity contribution is 5.86. The SMILES string of the molecule is O=C1C=C(N[C@H](c2ccccc2)C23CC4CC(CC(C4)C2)C3)C2(CCCCC2)O1. The van der Waals surface area contributed by atoms with E-state index in [-0.39, 0.29) is 17.6 Å². The highest BCUT2D eigenvalue weighted by Crippen LogP contribution is 2.64. The average Bonchev–Trinajstić information content (AvgIpc) is 3.00. The largest absolute Gasteiger partial charge is 0.449 e. The van der Waals surface area contributed by atoms with Crippen LogP contribution in [0.2, 0.25) is 0 Å². The Kier molecular flexibility index (Phi) is 4.12. The van der Waals surface area contributed by atoms with Gasteiger partial charge in [0.1, 0.15) is 0 Å². The van der Waals surface area contributed by atoms with Crippen LogP contribution in [-0.4, -0.2) is 11.6 Å². The first-order valence-corrected chi connectivity index (χ1v) is 11.9. The van der Waals surface area contributed by atoms with E-state index in [9.17, 15) is 4.79 Å². The Labute approximate surface area is 174 Å². The predicted octanol–water partition coefficient (Wildman–Crippen LogP) is 5.68. The number of hydrogen-bond donors (Lipinski definition) is 1. The third kappa shape index (κ3) is 2.95. The van der Waals surface area contributed by atoms with Gasteiger partial charge in [-0.15, -0.1) is 0 Å². The van der Waals surface area contributed by atoms with Crippen molar-refractivity contribution in [2.45, 2.75) is 82.3 Å². The molecule has 0 amide bonds. The molecule has 3 heteroatoms. The minimum atomic E-state index is -0.384. The standard InChI is InChI=1S/C26H33NO2/c28-23-14-22(26(29-23)9-5-2-6-10-26)27-24(21-7-3-1-4-8-21)25-15-18-11-19(16-25)13-20(12-18)17-25/h1,3-4,7-8,14,18-20,24,27H,2,5-6,9-13,15-17H2/t18?,19?,20?,24-,25?/m1/s1. The fraction of sp³-hybridized carbons (Fsp3) is 0.654. The number of rotatable bonds is 4. The molecule has 6 aliphatic rings. The van der Waals surface area contributed by atoms with Gasteiger partial charge in [-0.25, -0.2) is 4.79 Å². The minimum absolute atomic E-state index is 0.147. The third-order valence-corrected chi connectivity index (χ3v) is 8.84. The summed E-state index contributed by atoms with van der Waals surface area (Å²) < 4.78 is 5.96. The van der Waals surface area contributed by atoms with Gasteiger partial charge in [0, 0.05) is 6.08 Å². The van der Waals surface area contributed by atoms with E-state index < -0.39 is 0 Å². The number of hydrogen-bond acceptors (Lipinski definition) is 3. The van der Waals surface area contributed by atoms with Crippen molar-refractivity contribution in [2.75, 3.05) is 0 Å². The summed E-state index contributed by atoms with van der Waals surface area (Å²) in [7, 11) is 0. The highest BCUT2D eigenvalue weighted by Gasteiger charge is 2.56. The zero-order chi connectivity index (χ0) is 19.5. The Morgan fingerprint density at radius 3 is 2.14 bits per heavy atom. The summed E-state index contributed by atoms with van der Waals surface area (Å²) in [5, 5.41) is 4.00. The Morgan fingerprint density at radius 1 is 0.897 bits per heavy atom. The molecule has 3 nitrogen and oxygen atoms in total. The maximum absolute atomic E-state index is 12.4. The number of esters is 1. The molecule has 4 bridgehead atoms. The Bertz CT molecular complexity index is 785. The van der Waals surface area contributed by atoms with Gasteiger partial charge in [-0.1, -0.05) is 36.8 Å². The smallest absolute Gasteiger partial charge is 0.333 e. The highest BCUT2D eigenvalue weighted by atomic mass is 16.6. The molecule has 1 spiro atoms. The maximum atomic E-state index is 12.4. The van der Waals surface area contributed by atoms with Crippen molar-refractivity contribution >= 4 is 5.97 Å². The van der Waals surface area contributed by atoms with Crippen molar-refractivity contribution in [3.8, 4) is 0 Å². The lowest BCUT2D eigenvalue weighted by Gasteiger charge is -2.60. The number of carbonyl (C=O) groups is 1. The molecule has 0 radical (unpaired) electrons. The monoisotopic (exact) mass is 391 g/mol. The molecule has 0 saturated heterocycles. The Morgan fingerprint density at radius 2 is 1.52 bits per heavy atom. The first kappa shape index (κ1) is 18.0. The number of carbonyl (C=O) groups excluding carboxylic acids is 1. The summed E-state index contributed by atoms with van der Waals surface area (Å²) in [6.45, 7) is 0. The zero-order valence-electron chi connectivity index (χ0n) is 17.4. The molecule has 154 valence electrons. The van der Waals surface area contributed by atoms with Crippen LogP contribution in [0.3, 0.4) is 0 Å². The van der Waals surface area contributed by atoms with Crippen LogP contribution >= 0.6 is 0 Å². The van der Waals surface area contributed by atoms with Gasteiger partial charge >= 0.3 is 5.97 Å². The molecule has 0 unspecified atom stereocenters. The van der Waals surface area contributed by atoms with E-state index in [0.717, 1.165) is 49.1 Å². The van der Waals surface area contributed by atoms with Crippen LogP contribution in [0.1, 0.15) is 82.2 Å². The zero-order valence-corrected chi connectivity index (χ0v) is 17.4. The van der Waals surface area contributed by atoms with Crippen molar-refractivity contribution in [1.82, 2.24) is 5.32 Å². The molecule has 7 rings (SSSR count). The van der Waals surface area contributed by atoms with Crippen molar-refractivity contribution in [3.63, 3.8) is 0 Å². The van der Waals surface area contributed by atoms with Crippen LogP contribution in [0, 0.1) is 23.2 Å². The molecule has 1 aromatic rings. The molecule has 5 aliphatic carbocycles. The summed E-state index contributed by atoms with van der Waals surface area (Å²) in [4.78, 5) is 12.4. The third-order valence-electron chi connectivity index (χ3n) is 8.84. The number of ether oxygens (including phenoxy) is 1. The topological polar surface area (TPSA) is 38.3 Å². The summed E-state index contributed by atoms with van der Waals surface area (Å²) in [5.74, 6) is 2.58. The normalized spacial score (nSPS) is 38.0. The second kappa shape index (κ2) is 6.62. The van der Waals surface area contributed by atoms with Crippen LogP contribution < -0.4 is 5.32 Å². The fourth-order valence-corrected chi connectivity index (χ4v) is 8.12. The second-order valence-corrected chi connectivity index (χ2v) is 10.8. The van der Waals surface area contributed by atoms with E-state index in [1.807, 2.05) is 0 Å². The number of benzene rings is 1. The minimum Gasteiger partial charge on any atom is -0.449 e. The van der Waals surface area contributed by atoms with Crippen LogP contribution in [0.5, 0.6) is 0 Å². The van der Waals surface area contributed by atoms with Crippen molar-refractivity contribution < 1.29 is 9.53 Å². The molecular formula is C26H33NO2. The Hall–Kier alpha value is -1.77. The Balaban J connectivity index is 1.38. The first-order valence-electron chi connectivity index (χ1n) is 11.9. The lowest BCUT2D eigenvalue weighted by atomic mass is 9.47. The molecule has 29 heavy (non-hydrogen) atoms. The summed E-state index contributed by atoms with van der Waals surface area (Å²) in [6, 6.07) is 11.3. The van der Waals surface area contributed by atoms with Crippen molar-refractivity contribution in [2.24, 2.45) is 23.2 Å². The van der Waals surface area contributed by atoms with E-state index >= 15 is 0 Å². The van der Waals surface area contributed by atoms with Crippen LogP contribution in [0.4, 0.5) is 0 Å². The fourth-order valence-electron chi connectivity index (χ4n) is 8.12. The molecule has 1 N–H and O–H groups in total. The van der Waals surface area contributed by atoms with Crippen molar-refractivity contribution in [3.05, 3.63) is 47.7 Å². The summed E-state index contributed by atoms with van der Waals surface area (Å²) in [5.41, 5.74) is 2.41. The van der Waals surface area contributed by atoms with E-state index in [0.29, 0.717) is 5.41 Å². The van der Waals surface area contributed by atoms with Gasteiger partial charge in [0.2, 0.25) is 0 Å². The average molecular weight is 392 g/mol. The van der Waals surface area contributed by atoms with E-state index in [2.05, 4.69) is 35.6 Å². The molecule has 1 aliphatic heterocycles. The van der Waals surface area contributed by atoms with Gasteiger partial charge in [-0.3, -0.25) is 0 Å². The predicted molar refractivity (Wildman–Crippen MR) is 113 cm³/mol. The van der Waals surface area contributed by atoms with Gasteiger partial charge in [-0.05, 0) is 92.9 Å². The molecule has 5 fully saturated rings. The second-order valence-electron chi connectivity index (χ2n) is 10.8.